The molecule has 3 rings (SSSR count). The molecule has 0 aliphatic heterocycles. The molecule has 9 heteroatoms. The van der Waals surface area contributed by atoms with Crippen LogP contribution in [0.1, 0.15) is 52.1 Å². The van der Waals surface area contributed by atoms with E-state index in [9.17, 15) is 13.2 Å². The quantitative estimate of drug-likeness (QED) is 0.565. The number of sulfonamides is 1. The third-order valence-electron chi connectivity index (χ3n) is 4.27. The third kappa shape index (κ3) is 5.31. The summed E-state index contributed by atoms with van der Waals surface area (Å²) in [6.07, 6.45) is 1.48. The Hall–Kier alpha value is -2.49. The zero-order valence-electron chi connectivity index (χ0n) is 16.4. The van der Waals surface area contributed by atoms with Gasteiger partial charge in [-0.25, -0.2) is 18.1 Å². The first-order valence-electron chi connectivity index (χ1n) is 9.11. The number of carbonyl (C=O) groups is 1. The lowest BCUT2D eigenvalue weighted by atomic mass is 10.1. The molecule has 0 saturated carbocycles. The van der Waals surface area contributed by atoms with Gasteiger partial charge >= 0.3 is 0 Å². The molecule has 1 amide bonds. The maximum Gasteiger partial charge on any atom is 0.251 e. The summed E-state index contributed by atoms with van der Waals surface area (Å²) in [5, 5.41) is 5.75. The molecule has 2 aromatic heterocycles. The Morgan fingerprint density at radius 2 is 2.03 bits per heavy atom. The van der Waals surface area contributed by atoms with Crippen molar-refractivity contribution in [3.8, 4) is 0 Å². The molecule has 29 heavy (non-hydrogen) atoms. The molecule has 0 fully saturated rings. The maximum absolute atomic E-state index is 12.6. The van der Waals surface area contributed by atoms with Crippen molar-refractivity contribution < 1.29 is 17.6 Å². The zero-order chi connectivity index (χ0) is 21.0. The van der Waals surface area contributed by atoms with Crippen LogP contribution in [-0.2, 0) is 23.1 Å². The number of hydrogen-bond acceptors (Lipinski definition) is 6. The minimum atomic E-state index is -3.78. The van der Waals surface area contributed by atoms with Gasteiger partial charge in [-0.05, 0) is 36.8 Å². The number of nitrogens with zero attached hydrogens (tertiary/aromatic N) is 1. The molecular formula is C20H23N3O4S2. The van der Waals surface area contributed by atoms with Crippen molar-refractivity contribution in [3.63, 3.8) is 0 Å². The Morgan fingerprint density at radius 1 is 1.24 bits per heavy atom. The van der Waals surface area contributed by atoms with Crippen LogP contribution < -0.4 is 10.0 Å². The highest BCUT2D eigenvalue weighted by atomic mass is 32.2. The SMILES string of the molecule is Cc1ccc(S(=O)(=O)NCc2ccco2)cc1C(=O)NCc1csc(C(C)C)n1. The molecule has 1 aromatic carbocycles. The van der Waals surface area contributed by atoms with Crippen molar-refractivity contribution in [2.45, 2.75) is 44.7 Å². The summed E-state index contributed by atoms with van der Waals surface area (Å²) in [6.45, 7) is 6.22. The molecule has 0 radical (unpaired) electrons. The largest absolute Gasteiger partial charge is 0.468 e. The first-order chi connectivity index (χ1) is 13.8. The lowest BCUT2D eigenvalue weighted by molar-refractivity contribution is 0.0949. The highest BCUT2D eigenvalue weighted by Crippen LogP contribution is 2.20. The van der Waals surface area contributed by atoms with E-state index >= 15 is 0 Å². The van der Waals surface area contributed by atoms with Crippen LogP contribution in [0.3, 0.4) is 0 Å². The Kier molecular flexibility index (Phi) is 6.51. The fourth-order valence-electron chi connectivity index (χ4n) is 2.61. The van der Waals surface area contributed by atoms with E-state index in [2.05, 4.69) is 28.9 Å². The second kappa shape index (κ2) is 8.89. The molecule has 0 atom stereocenters. The minimum absolute atomic E-state index is 0.0237. The molecule has 0 saturated heterocycles. The lowest BCUT2D eigenvalue weighted by Gasteiger charge is -2.10. The molecule has 154 valence electrons. The number of benzene rings is 1. The number of amides is 1. The van der Waals surface area contributed by atoms with Gasteiger partial charge in [0.05, 0.1) is 34.9 Å². The topological polar surface area (TPSA) is 101 Å². The van der Waals surface area contributed by atoms with Gasteiger partial charge in [-0.3, -0.25) is 4.79 Å². The van der Waals surface area contributed by atoms with Crippen molar-refractivity contribution in [1.29, 1.82) is 0 Å². The lowest BCUT2D eigenvalue weighted by Crippen LogP contribution is -2.26. The second-order valence-electron chi connectivity index (χ2n) is 6.90. The summed E-state index contributed by atoms with van der Waals surface area (Å²) in [4.78, 5) is 17.2. The van der Waals surface area contributed by atoms with E-state index in [0.717, 1.165) is 10.7 Å². The molecule has 0 unspecified atom stereocenters. The Bertz CT molecular complexity index is 1090. The van der Waals surface area contributed by atoms with Crippen LogP contribution in [0.5, 0.6) is 0 Å². The average molecular weight is 434 g/mol. The van der Waals surface area contributed by atoms with Gasteiger partial charge in [-0.2, -0.15) is 0 Å². The maximum atomic E-state index is 12.6. The van der Waals surface area contributed by atoms with Crippen LogP contribution in [0.4, 0.5) is 0 Å². The van der Waals surface area contributed by atoms with Gasteiger partial charge in [0.15, 0.2) is 0 Å². The predicted octanol–water partition coefficient (Wildman–Crippen LogP) is 3.58. The predicted molar refractivity (Wildman–Crippen MR) is 111 cm³/mol. The van der Waals surface area contributed by atoms with Gasteiger partial charge < -0.3 is 9.73 Å². The van der Waals surface area contributed by atoms with Crippen LogP contribution >= 0.6 is 11.3 Å². The first-order valence-corrected chi connectivity index (χ1v) is 11.5. The summed E-state index contributed by atoms with van der Waals surface area (Å²) in [5.74, 6) is 0.495. The zero-order valence-corrected chi connectivity index (χ0v) is 18.1. The summed E-state index contributed by atoms with van der Waals surface area (Å²) >= 11 is 1.56. The van der Waals surface area contributed by atoms with Gasteiger partial charge in [0.25, 0.3) is 5.91 Å². The highest BCUT2D eigenvalue weighted by molar-refractivity contribution is 7.89. The fraction of sp³-hybridized carbons (Fsp3) is 0.300. The molecular weight excluding hydrogens is 410 g/mol. The summed E-state index contributed by atoms with van der Waals surface area (Å²) in [7, 11) is -3.78. The fourth-order valence-corrected chi connectivity index (χ4v) is 4.46. The van der Waals surface area contributed by atoms with Gasteiger partial charge in [-0.1, -0.05) is 19.9 Å². The van der Waals surface area contributed by atoms with Crippen molar-refractivity contribution in [3.05, 3.63) is 69.6 Å². The van der Waals surface area contributed by atoms with Crippen molar-refractivity contribution in [1.82, 2.24) is 15.0 Å². The first kappa shape index (κ1) is 21.2. The Morgan fingerprint density at radius 3 is 2.69 bits per heavy atom. The molecule has 0 aliphatic carbocycles. The number of aryl methyl sites for hydroxylation is 1. The van der Waals surface area contributed by atoms with Crippen molar-refractivity contribution in [2.75, 3.05) is 0 Å². The van der Waals surface area contributed by atoms with Gasteiger partial charge in [-0.15, -0.1) is 11.3 Å². The molecule has 0 spiro atoms. The number of nitrogens with one attached hydrogen (secondary N) is 2. The van der Waals surface area contributed by atoms with Crippen LogP contribution in [-0.4, -0.2) is 19.3 Å². The van der Waals surface area contributed by atoms with Crippen LogP contribution in [0, 0.1) is 6.92 Å². The molecule has 0 aliphatic rings. The van der Waals surface area contributed by atoms with E-state index in [1.54, 1.807) is 36.5 Å². The van der Waals surface area contributed by atoms with E-state index in [0.29, 0.717) is 22.8 Å². The van der Waals surface area contributed by atoms with Crippen LogP contribution in [0.25, 0.3) is 0 Å². The summed E-state index contributed by atoms with van der Waals surface area (Å²) < 4.78 is 32.7. The van der Waals surface area contributed by atoms with Crippen LogP contribution in [0.15, 0.2) is 51.3 Å². The monoisotopic (exact) mass is 433 g/mol. The van der Waals surface area contributed by atoms with E-state index in [1.807, 2.05) is 5.38 Å². The number of hydrogen-bond donors (Lipinski definition) is 2. The standard InChI is InChI=1S/C20H23N3O4S2/c1-13(2)20-23-15(12-28-20)10-21-19(24)18-9-17(7-6-14(18)3)29(25,26)22-11-16-5-4-8-27-16/h4-9,12-13,22H,10-11H2,1-3H3,(H,21,24). The minimum Gasteiger partial charge on any atom is -0.468 e. The van der Waals surface area contributed by atoms with E-state index < -0.39 is 10.0 Å². The van der Waals surface area contributed by atoms with E-state index in [1.165, 1.54) is 18.4 Å². The number of rotatable bonds is 8. The Labute approximate surface area is 174 Å². The molecule has 3 aromatic rings. The smallest absolute Gasteiger partial charge is 0.251 e. The molecule has 7 nitrogen and oxygen atoms in total. The molecule has 2 heterocycles. The average Bonchev–Trinajstić information content (AvgIpc) is 3.36. The van der Waals surface area contributed by atoms with Gasteiger partial charge in [0, 0.05) is 16.9 Å². The van der Waals surface area contributed by atoms with E-state index in [4.69, 9.17) is 4.42 Å². The normalized spacial score (nSPS) is 11.7. The van der Waals surface area contributed by atoms with Crippen molar-refractivity contribution >= 4 is 27.3 Å². The molecule has 2 N–H and O–H groups in total. The number of furan rings is 1. The highest BCUT2D eigenvalue weighted by Gasteiger charge is 2.18. The molecule has 0 bridgehead atoms. The van der Waals surface area contributed by atoms with Gasteiger partial charge in [0.2, 0.25) is 10.0 Å². The third-order valence-corrected chi connectivity index (χ3v) is 6.87. The summed E-state index contributed by atoms with van der Waals surface area (Å²) in [5.41, 5.74) is 1.78. The van der Waals surface area contributed by atoms with E-state index in [-0.39, 0.29) is 23.9 Å². The number of aromatic nitrogens is 1. The van der Waals surface area contributed by atoms with Gasteiger partial charge in [0.1, 0.15) is 5.76 Å². The summed E-state index contributed by atoms with van der Waals surface area (Å²) in [6, 6.07) is 7.85. The Balaban J connectivity index is 1.70. The number of thiazole rings is 1. The number of carbonyl (C=O) groups excluding carboxylic acids is 1. The van der Waals surface area contributed by atoms with Crippen molar-refractivity contribution in [2.24, 2.45) is 0 Å². The second-order valence-corrected chi connectivity index (χ2v) is 9.55. The van der Waals surface area contributed by atoms with Crippen LogP contribution in [0.2, 0.25) is 0 Å².